The van der Waals surface area contributed by atoms with Gasteiger partial charge in [-0.3, -0.25) is 4.79 Å². The summed E-state index contributed by atoms with van der Waals surface area (Å²) in [5.41, 5.74) is 0.0829. The topological polar surface area (TPSA) is 54.0 Å². The summed E-state index contributed by atoms with van der Waals surface area (Å²) >= 11 is 0. The minimum Gasteiger partial charge on any atom is -0.497 e. The second kappa shape index (κ2) is 10.4. The molecule has 1 aliphatic rings. The fraction of sp³-hybridized carbons (Fsp3) is 0.632. The molecular formula is C19H29F2N3O3. The smallest absolute Gasteiger partial charge is 0.387 e. The monoisotopic (exact) mass is 385 g/mol. The first-order valence-corrected chi connectivity index (χ1v) is 9.17. The number of hydrogen-bond donors (Lipinski definition) is 1. The molecule has 0 unspecified atom stereocenters. The minimum atomic E-state index is -3.00. The maximum atomic E-state index is 12.6. The van der Waals surface area contributed by atoms with Crippen molar-refractivity contribution in [1.29, 1.82) is 0 Å². The van der Waals surface area contributed by atoms with Crippen molar-refractivity contribution in [2.75, 3.05) is 53.9 Å². The number of likely N-dealkylation sites (tertiary alicyclic amines) is 1. The highest BCUT2D eigenvalue weighted by Crippen LogP contribution is 2.26. The molecule has 0 bridgehead atoms. The van der Waals surface area contributed by atoms with Crippen molar-refractivity contribution in [3.05, 3.63) is 23.8 Å². The molecule has 0 saturated carbocycles. The van der Waals surface area contributed by atoms with Gasteiger partial charge in [0.25, 0.3) is 5.91 Å². The molecule has 0 radical (unpaired) electrons. The number of carbonyl (C=O) groups is 1. The number of piperidine rings is 1. The van der Waals surface area contributed by atoms with Gasteiger partial charge in [-0.1, -0.05) is 0 Å². The van der Waals surface area contributed by atoms with E-state index in [0.29, 0.717) is 18.2 Å². The van der Waals surface area contributed by atoms with Gasteiger partial charge in [0.2, 0.25) is 0 Å². The summed E-state index contributed by atoms with van der Waals surface area (Å²) in [6.45, 7) is 1.63. The molecule has 6 nitrogen and oxygen atoms in total. The number of alkyl halides is 2. The summed E-state index contributed by atoms with van der Waals surface area (Å²) < 4.78 is 34.7. The summed E-state index contributed by atoms with van der Waals surface area (Å²) in [6.07, 6.45) is 2.02. The maximum Gasteiger partial charge on any atom is 0.387 e. The summed E-state index contributed by atoms with van der Waals surface area (Å²) in [4.78, 5) is 17.0. The van der Waals surface area contributed by atoms with Gasteiger partial charge in [0.15, 0.2) is 0 Å². The standard InChI is InChI=1S/C19H29F2N3O3/c1-23(2)10-11-24-8-6-14(7-9-24)13-22-18(25)16-5-4-15(26-3)12-17(16)27-19(20)21/h4-5,12,14,19H,6-11,13H2,1-3H3,(H,22,25). The summed E-state index contributed by atoms with van der Waals surface area (Å²) in [7, 11) is 5.55. The third kappa shape index (κ3) is 6.95. The molecule has 1 N–H and O–H groups in total. The largest absolute Gasteiger partial charge is 0.497 e. The van der Waals surface area contributed by atoms with E-state index in [1.54, 1.807) is 6.07 Å². The average Bonchev–Trinajstić information content (AvgIpc) is 2.64. The Morgan fingerprint density at radius 1 is 1.33 bits per heavy atom. The van der Waals surface area contributed by atoms with Crippen LogP contribution in [0.4, 0.5) is 8.78 Å². The molecule has 1 saturated heterocycles. The molecule has 2 rings (SSSR count). The number of benzene rings is 1. The first-order chi connectivity index (χ1) is 12.9. The molecule has 27 heavy (non-hydrogen) atoms. The molecule has 1 aromatic rings. The molecule has 0 aromatic heterocycles. The number of rotatable bonds is 9. The van der Waals surface area contributed by atoms with E-state index in [0.717, 1.165) is 39.0 Å². The highest BCUT2D eigenvalue weighted by atomic mass is 19.3. The van der Waals surface area contributed by atoms with Gasteiger partial charge < -0.3 is 24.6 Å². The highest BCUT2D eigenvalue weighted by Gasteiger charge is 2.21. The molecule has 0 aliphatic carbocycles. The van der Waals surface area contributed by atoms with Gasteiger partial charge in [-0.15, -0.1) is 0 Å². The van der Waals surface area contributed by atoms with Crippen molar-refractivity contribution in [1.82, 2.24) is 15.1 Å². The van der Waals surface area contributed by atoms with Gasteiger partial charge in [-0.05, 0) is 58.1 Å². The molecule has 8 heteroatoms. The Bertz CT molecular complexity index is 606. The van der Waals surface area contributed by atoms with Crippen molar-refractivity contribution >= 4 is 5.91 Å². The van der Waals surface area contributed by atoms with Gasteiger partial charge in [-0.2, -0.15) is 8.78 Å². The zero-order valence-corrected chi connectivity index (χ0v) is 16.2. The van der Waals surface area contributed by atoms with E-state index in [-0.39, 0.29) is 11.3 Å². The van der Waals surface area contributed by atoms with E-state index < -0.39 is 12.5 Å². The SMILES string of the molecule is COc1ccc(C(=O)NCC2CCN(CCN(C)C)CC2)c(OC(F)F)c1. The van der Waals surface area contributed by atoms with Crippen LogP contribution in [-0.4, -0.2) is 76.2 Å². The Morgan fingerprint density at radius 3 is 2.63 bits per heavy atom. The Hall–Kier alpha value is -1.93. The first kappa shape index (κ1) is 21.4. The highest BCUT2D eigenvalue weighted by molar-refractivity contribution is 5.97. The quantitative estimate of drug-likeness (QED) is 0.707. The number of halogens is 2. The van der Waals surface area contributed by atoms with Crippen LogP contribution < -0.4 is 14.8 Å². The zero-order chi connectivity index (χ0) is 19.8. The summed E-state index contributed by atoms with van der Waals surface area (Å²) in [5.74, 6) is 0.151. The molecule has 1 heterocycles. The average molecular weight is 385 g/mol. The zero-order valence-electron chi connectivity index (χ0n) is 16.2. The van der Waals surface area contributed by atoms with Crippen LogP contribution in [-0.2, 0) is 0 Å². The van der Waals surface area contributed by atoms with Crippen LogP contribution >= 0.6 is 0 Å². The normalized spacial score (nSPS) is 16.0. The van der Waals surface area contributed by atoms with E-state index in [4.69, 9.17) is 4.74 Å². The van der Waals surface area contributed by atoms with Crippen molar-refractivity contribution in [2.24, 2.45) is 5.92 Å². The second-order valence-electron chi connectivity index (χ2n) is 7.04. The minimum absolute atomic E-state index is 0.0829. The van der Waals surface area contributed by atoms with Crippen molar-refractivity contribution < 1.29 is 23.0 Å². The lowest BCUT2D eigenvalue weighted by Gasteiger charge is -2.32. The number of hydrogen-bond acceptors (Lipinski definition) is 5. The molecule has 0 spiro atoms. The summed E-state index contributed by atoms with van der Waals surface area (Å²) in [5, 5.41) is 2.85. The molecule has 1 aliphatic heterocycles. The third-order valence-electron chi connectivity index (χ3n) is 4.77. The number of likely N-dealkylation sites (N-methyl/N-ethyl adjacent to an activating group) is 1. The van der Waals surface area contributed by atoms with Gasteiger partial charge in [0.05, 0.1) is 12.7 Å². The maximum absolute atomic E-state index is 12.6. The molecule has 1 fully saturated rings. The predicted octanol–water partition coefficient (Wildman–Crippen LogP) is 2.30. The molecule has 152 valence electrons. The van der Waals surface area contributed by atoms with Crippen LogP contribution in [0.15, 0.2) is 18.2 Å². The van der Waals surface area contributed by atoms with Crippen LogP contribution in [0.25, 0.3) is 0 Å². The summed E-state index contributed by atoms with van der Waals surface area (Å²) in [6, 6.07) is 4.29. The van der Waals surface area contributed by atoms with E-state index in [2.05, 4.69) is 33.9 Å². The van der Waals surface area contributed by atoms with E-state index in [1.807, 2.05) is 0 Å². The second-order valence-corrected chi connectivity index (χ2v) is 7.04. The van der Waals surface area contributed by atoms with Crippen LogP contribution in [0.1, 0.15) is 23.2 Å². The predicted molar refractivity (Wildman–Crippen MR) is 99.7 cm³/mol. The van der Waals surface area contributed by atoms with E-state index >= 15 is 0 Å². The van der Waals surface area contributed by atoms with Crippen molar-refractivity contribution in [3.63, 3.8) is 0 Å². The fourth-order valence-corrected chi connectivity index (χ4v) is 3.10. The number of methoxy groups -OCH3 is 1. The molecule has 1 aromatic carbocycles. The molecular weight excluding hydrogens is 356 g/mol. The Morgan fingerprint density at radius 2 is 2.04 bits per heavy atom. The van der Waals surface area contributed by atoms with Crippen LogP contribution in [0, 0.1) is 5.92 Å². The number of ether oxygens (including phenoxy) is 2. The van der Waals surface area contributed by atoms with E-state index in [9.17, 15) is 13.6 Å². The first-order valence-electron chi connectivity index (χ1n) is 9.17. The lowest BCUT2D eigenvalue weighted by molar-refractivity contribution is -0.0502. The third-order valence-corrected chi connectivity index (χ3v) is 4.77. The Kier molecular flexibility index (Phi) is 8.24. The Balaban J connectivity index is 1.85. The lowest BCUT2D eigenvalue weighted by atomic mass is 9.96. The van der Waals surface area contributed by atoms with Gasteiger partial charge in [0, 0.05) is 25.7 Å². The fourth-order valence-electron chi connectivity index (χ4n) is 3.10. The van der Waals surface area contributed by atoms with Crippen LogP contribution in [0.3, 0.4) is 0 Å². The number of amides is 1. The van der Waals surface area contributed by atoms with Crippen LogP contribution in [0.5, 0.6) is 11.5 Å². The van der Waals surface area contributed by atoms with Crippen LogP contribution in [0.2, 0.25) is 0 Å². The molecule has 0 atom stereocenters. The van der Waals surface area contributed by atoms with Gasteiger partial charge in [0.1, 0.15) is 11.5 Å². The van der Waals surface area contributed by atoms with E-state index in [1.165, 1.54) is 19.2 Å². The lowest BCUT2D eigenvalue weighted by Crippen LogP contribution is -2.41. The number of nitrogens with zero attached hydrogens (tertiary/aromatic N) is 2. The van der Waals surface area contributed by atoms with Crippen molar-refractivity contribution in [2.45, 2.75) is 19.5 Å². The Labute approximate surface area is 159 Å². The molecule has 1 amide bonds. The number of carbonyl (C=O) groups excluding carboxylic acids is 1. The van der Waals surface area contributed by atoms with Gasteiger partial charge in [-0.25, -0.2) is 0 Å². The van der Waals surface area contributed by atoms with Crippen molar-refractivity contribution in [3.8, 4) is 11.5 Å². The number of nitrogens with one attached hydrogen (secondary N) is 1. The van der Waals surface area contributed by atoms with Gasteiger partial charge >= 0.3 is 6.61 Å².